The van der Waals surface area contributed by atoms with Crippen molar-refractivity contribution in [3.8, 4) is 0 Å². The van der Waals surface area contributed by atoms with Gasteiger partial charge in [0.15, 0.2) is 0 Å². The average molecular weight is 508 g/mol. The molecule has 2 aromatic carbocycles. The fourth-order valence-corrected chi connectivity index (χ4v) is 4.75. The van der Waals surface area contributed by atoms with Crippen molar-refractivity contribution >= 4 is 39.1 Å². The van der Waals surface area contributed by atoms with Crippen LogP contribution in [0.5, 0.6) is 0 Å². The number of unbranched alkanes of at least 4 members (excludes halogenated alkanes) is 1. The van der Waals surface area contributed by atoms with Crippen molar-refractivity contribution in [1.82, 2.24) is 10.2 Å². The first-order chi connectivity index (χ1) is 15.9. The van der Waals surface area contributed by atoms with Crippen LogP contribution in [0.4, 0.5) is 5.69 Å². The van der Waals surface area contributed by atoms with E-state index < -0.39 is 28.5 Å². The number of carbonyl (C=O) groups is 2. The standard InChI is InChI=1S/C25H34ClN3O4S/c1-6-7-13-27-25(31)20(4)28(16-21-9-8-10-22(26)15-21)24(30)17-29(34(5,32)33)23-12-11-18(2)14-19(23)3/h8-12,14-15,20H,6-7,13,16-17H2,1-5H3,(H,27,31)/t20-/m1/s1. The molecule has 9 heteroatoms. The van der Waals surface area contributed by atoms with Crippen molar-refractivity contribution in [1.29, 1.82) is 0 Å². The number of halogens is 1. The highest BCUT2D eigenvalue weighted by Crippen LogP contribution is 2.24. The number of amides is 2. The van der Waals surface area contributed by atoms with E-state index in [2.05, 4.69) is 5.32 Å². The van der Waals surface area contributed by atoms with Gasteiger partial charge in [-0.25, -0.2) is 8.42 Å². The predicted molar refractivity (Wildman–Crippen MR) is 137 cm³/mol. The third kappa shape index (κ3) is 7.74. The van der Waals surface area contributed by atoms with Crippen LogP contribution >= 0.6 is 11.6 Å². The van der Waals surface area contributed by atoms with Gasteiger partial charge in [0.2, 0.25) is 21.8 Å². The summed E-state index contributed by atoms with van der Waals surface area (Å²) >= 11 is 6.12. The largest absolute Gasteiger partial charge is 0.354 e. The molecule has 0 spiro atoms. The zero-order valence-electron chi connectivity index (χ0n) is 20.5. The maximum absolute atomic E-state index is 13.5. The molecule has 0 fully saturated rings. The Balaban J connectivity index is 2.38. The van der Waals surface area contributed by atoms with E-state index in [1.807, 2.05) is 26.0 Å². The highest BCUT2D eigenvalue weighted by Gasteiger charge is 2.30. The summed E-state index contributed by atoms with van der Waals surface area (Å²) in [5.41, 5.74) is 2.90. The molecule has 0 bridgehead atoms. The molecular formula is C25H34ClN3O4S. The Labute approximate surface area is 208 Å². The molecule has 0 radical (unpaired) electrons. The lowest BCUT2D eigenvalue weighted by Gasteiger charge is -2.32. The molecule has 2 rings (SSSR count). The second-order valence-corrected chi connectivity index (χ2v) is 10.9. The number of aryl methyl sites for hydroxylation is 2. The molecule has 0 saturated carbocycles. The summed E-state index contributed by atoms with van der Waals surface area (Å²) in [5, 5.41) is 3.37. The van der Waals surface area contributed by atoms with Crippen LogP contribution in [0.25, 0.3) is 0 Å². The molecule has 0 unspecified atom stereocenters. The van der Waals surface area contributed by atoms with Crippen LogP contribution in [-0.2, 0) is 26.2 Å². The van der Waals surface area contributed by atoms with Crippen LogP contribution in [0.2, 0.25) is 5.02 Å². The first kappa shape index (κ1) is 27.7. The van der Waals surface area contributed by atoms with Gasteiger partial charge in [-0.1, -0.05) is 54.8 Å². The molecule has 1 atom stereocenters. The van der Waals surface area contributed by atoms with E-state index in [4.69, 9.17) is 11.6 Å². The van der Waals surface area contributed by atoms with Gasteiger partial charge >= 0.3 is 0 Å². The van der Waals surface area contributed by atoms with E-state index in [1.165, 1.54) is 4.90 Å². The molecule has 1 N–H and O–H groups in total. The van der Waals surface area contributed by atoms with E-state index in [-0.39, 0.29) is 12.5 Å². The van der Waals surface area contributed by atoms with E-state index in [0.717, 1.165) is 40.1 Å². The third-order valence-corrected chi connectivity index (χ3v) is 6.90. The number of anilines is 1. The van der Waals surface area contributed by atoms with Gasteiger partial charge in [0.1, 0.15) is 12.6 Å². The first-order valence-electron chi connectivity index (χ1n) is 11.3. The minimum absolute atomic E-state index is 0.117. The van der Waals surface area contributed by atoms with Crippen molar-refractivity contribution in [2.45, 2.75) is 53.1 Å². The van der Waals surface area contributed by atoms with Gasteiger partial charge in [-0.2, -0.15) is 0 Å². The number of benzene rings is 2. The lowest BCUT2D eigenvalue weighted by atomic mass is 10.1. The minimum Gasteiger partial charge on any atom is -0.354 e. The van der Waals surface area contributed by atoms with E-state index in [1.54, 1.807) is 44.2 Å². The Hall–Kier alpha value is -2.58. The topological polar surface area (TPSA) is 86.8 Å². The molecule has 7 nitrogen and oxygen atoms in total. The number of hydrogen-bond donors (Lipinski definition) is 1. The summed E-state index contributed by atoms with van der Waals surface area (Å²) in [7, 11) is -3.76. The number of carbonyl (C=O) groups excluding carboxylic acids is 2. The monoisotopic (exact) mass is 507 g/mol. The molecule has 34 heavy (non-hydrogen) atoms. The lowest BCUT2D eigenvalue weighted by Crippen LogP contribution is -2.51. The molecule has 0 aliphatic carbocycles. The van der Waals surface area contributed by atoms with Gasteiger partial charge in [-0.15, -0.1) is 0 Å². The third-order valence-electron chi connectivity index (χ3n) is 5.54. The van der Waals surface area contributed by atoms with E-state index >= 15 is 0 Å². The van der Waals surface area contributed by atoms with Crippen LogP contribution in [0.1, 0.15) is 43.4 Å². The lowest BCUT2D eigenvalue weighted by molar-refractivity contribution is -0.139. The van der Waals surface area contributed by atoms with Crippen molar-refractivity contribution in [3.05, 3.63) is 64.2 Å². The predicted octanol–water partition coefficient (Wildman–Crippen LogP) is 4.06. The molecular weight excluding hydrogens is 474 g/mol. The van der Waals surface area contributed by atoms with Crippen LogP contribution in [0.15, 0.2) is 42.5 Å². The molecule has 0 heterocycles. The van der Waals surface area contributed by atoms with Gasteiger partial charge in [0.25, 0.3) is 0 Å². The zero-order chi connectivity index (χ0) is 25.5. The first-order valence-corrected chi connectivity index (χ1v) is 13.5. The van der Waals surface area contributed by atoms with Gasteiger partial charge in [-0.05, 0) is 56.5 Å². The van der Waals surface area contributed by atoms with Gasteiger partial charge in [0.05, 0.1) is 11.9 Å². The van der Waals surface area contributed by atoms with E-state index in [9.17, 15) is 18.0 Å². The zero-order valence-corrected chi connectivity index (χ0v) is 22.0. The van der Waals surface area contributed by atoms with Crippen LogP contribution in [-0.4, -0.2) is 50.5 Å². The van der Waals surface area contributed by atoms with Crippen LogP contribution in [0.3, 0.4) is 0 Å². The molecule has 2 aromatic rings. The Bertz CT molecular complexity index is 1120. The van der Waals surface area contributed by atoms with Gasteiger partial charge in [-0.3, -0.25) is 13.9 Å². The molecule has 186 valence electrons. The molecule has 0 aromatic heterocycles. The van der Waals surface area contributed by atoms with Gasteiger partial charge in [0, 0.05) is 18.1 Å². The minimum atomic E-state index is -3.76. The summed E-state index contributed by atoms with van der Waals surface area (Å²) < 4.78 is 26.4. The smallest absolute Gasteiger partial charge is 0.244 e. The second kappa shape index (κ2) is 12.2. The number of rotatable bonds is 11. The number of sulfonamides is 1. The highest BCUT2D eigenvalue weighted by atomic mass is 35.5. The van der Waals surface area contributed by atoms with Crippen molar-refractivity contribution in [2.75, 3.05) is 23.7 Å². The molecule has 0 saturated heterocycles. The average Bonchev–Trinajstić information content (AvgIpc) is 2.75. The van der Waals surface area contributed by atoms with Crippen LogP contribution in [0, 0.1) is 13.8 Å². The van der Waals surface area contributed by atoms with Crippen molar-refractivity contribution in [2.24, 2.45) is 0 Å². The number of nitrogens with zero attached hydrogens (tertiary/aromatic N) is 2. The summed E-state index contributed by atoms with van der Waals surface area (Å²) in [4.78, 5) is 27.7. The fourth-order valence-electron chi connectivity index (χ4n) is 3.63. The molecule has 2 amide bonds. The number of hydrogen-bond acceptors (Lipinski definition) is 4. The highest BCUT2D eigenvalue weighted by molar-refractivity contribution is 7.92. The van der Waals surface area contributed by atoms with Gasteiger partial charge < -0.3 is 10.2 Å². The maximum atomic E-state index is 13.5. The quantitative estimate of drug-likeness (QED) is 0.465. The van der Waals surface area contributed by atoms with Crippen LogP contribution < -0.4 is 9.62 Å². The maximum Gasteiger partial charge on any atom is 0.244 e. The summed E-state index contributed by atoms with van der Waals surface area (Å²) in [6.45, 7) is 7.60. The summed E-state index contributed by atoms with van der Waals surface area (Å²) in [6.07, 6.45) is 2.83. The Kier molecular flexibility index (Phi) is 9.94. The molecule has 0 aliphatic rings. The van der Waals surface area contributed by atoms with E-state index in [0.29, 0.717) is 17.3 Å². The van der Waals surface area contributed by atoms with Crippen molar-refractivity contribution in [3.63, 3.8) is 0 Å². The second-order valence-electron chi connectivity index (χ2n) is 8.53. The Morgan fingerprint density at radius 2 is 1.82 bits per heavy atom. The normalized spacial score (nSPS) is 12.2. The fraction of sp³-hybridized carbons (Fsp3) is 0.440. The molecule has 0 aliphatic heterocycles. The number of nitrogens with one attached hydrogen (secondary N) is 1. The Morgan fingerprint density at radius 3 is 2.41 bits per heavy atom. The van der Waals surface area contributed by atoms with Crippen molar-refractivity contribution < 1.29 is 18.0 Å². The summed E-state index contributed by atoms with van der Waals surface area (Å²) in [6, 6.07) is 11.6. The summed E-state index contributed by atoms with van der Waals surface area (Å²) in [5.74, 6) is -0.773. The Morgan fingerprint density at radius 1 is 1.12 bits per heavy atom. The SMILES string of the molecule is CCCCNC(=O)[C@@H](C)N(Cc1cccc(Cl)c1)C(=O)CN(c1ccc(C)cc1C)S(C)(=O)=O.